The molecule has 1 saturated heterocycles. The number of likely N-dealkylation sites (N-methyl/N-ethyl adjacent to an activating group) is 1. The molecule has 0 spiro atoms. The van der Waals surface area contributed by atoms with Crippen LogP contribution in [0.4, 0.5) is 0 Å². The van der Waals surface area contributed by atoms with Gasteiger partial charge in [-0.25, -0.2) is 0 Å². The average molecular weight is 354 g/mol. The van der Waals surface area contributed by atoms with Gasteiger partial charge in [0.1, 0.15) is 0 Å². The summed E-state index contributed by atoms with van der Waals surface area (Å²) >= 11 is 3.69. The Labute approximate surface area is 137 Å². The van der Waals surface area contributed by atoms with Crippen molar-refractivity contribution in [3.8, 4) is 0 Å². The highest BCUT2D eigenvalue weighted by molar-refractivity contribution is 9.10. The smallest absolute Gasteiger partial charge is 0.0508 e. The summed E-state index contributed by atoms with van der Waals surface area (Å²) in [7, 11) is 0. The highest BCUT2D eigenvalue weighted by atomic mass is 79.9. The summed E-state index contributed by atoms with van der Waals surface area (Å²) in [6.45, 7) is 11.1. The quantitative estimate of drug-likeness (QED) is 0.851. The lowest BCUT2D eigenvalue weighted by Gasteiger charge is -2.33. The van der Waals surface area contributed by atoms with E-state index >= 15 is 0 Å². The third-order valence-corrected chi connectivity index (χ3v) is 5.36. The van der Waals surface area contributed by atoms with Crippen LogP contribution in [-0.4, -0.2) is 48.1 Å². The third-order valence-electron chi connectivity index (χ3n) is 4.64. The molecule has 1 aliphatic rings. The second-order valence-corrected chi connectivity index (χ2v) is 6.84. The van der Waals surface area contributed by atoms with Gasteiger partial charge in [-0.1, -0.05) is 48.0 Å². The van der Waals surface area contributed by atoms with Crippen molar-refractivity contribution >= 4 is 15.9 Å². The van der Waals surface area contributed by atoms with Gasteiger partial charge in [0.2, 0.25) is 0 Å². The average Bonchev–Trinajstić information content (AvgIpc) is 2.92. The van der Waals surface area contributed by atoms with Gasteiger partial charge < -0.3 is 5.73 Å². The van der Waals surface area contributed by atoms with Gasteiger partial charge >= 0.3 is 0 Å². The molecule has 3 unspecified atom stereocenters. The largest absolute Gasteiger partial charge is 0.326 e. The van der Waals surface area contributed by atoms with Crippen LogP contribution < -0.4 is 5.73 Å². The minimum atomic E-state index is 0.124. The molecular formula is C17H28BrN3. The SMILES string of the molecule is CCN(CC)C1CCN(C(c2ccccc2Br)C(C)N)C1. The minimum Gasteiger partial charge on any atom is -0.326 e. The van der Waals surface area contributed by atoms with Crippen LogP contribution in [0.25, 0.3) is 0 Å². The molecule has 0 saturated carbocycles. The molecule has 3 atom stereocenters. The van der Waals surface area contributed by atoms with Crippen LogP contribution in [0.1, 0.15) is 38.8 Å². The number of hydrogen-bond acceptors (Lipinski definition) is 3. The van der Waals surface area contributed by atoms with E-state index in [-0.39, 0.29) is 6.04 Å². The van der Waals surface area contributed by atoms with Crippen LogP contribution in [0, 0.1) is 0 Å². The monoisotopic (exact) mass is 353 g/mol. The molecule has 4 heteroatoms. The number of nitrogens with two attached hydrogens (primary N) is 1. The van der Waals surface area contributed by atoms with Crippen LogP contribution in [0.15, 0.2) is 28.7 Å². The molecule has 2 N–H and O–H groups in total. The summed E-state index contributed by atoms with van der Waals surface area (Å²) in [5, 5.41) is 0. The van der Waals surface area contributed by atoms with Gasteiger partial charge in [0.15, 0.2) is 0 Å². The number of halogens is 1. The molecule has 0 aromatic heterocycles. The van der Waals surface area contributed by atoms with Crippen molar-refractivity contribution in [3.63, 3.8) is 0 Å². The van der Waals surface area contributed by atoms with Crippen LogP contribution in [-0.2, 0) is 0 Å². The number of nitrogens with zero attached hydrogens (tertiary/aromatic N) is 2. The molecule has 1 heterocycles. The summed E-state index contributed by atoms with van der Waals surface area (Å²) in [5.74, 6) is 0. The lowest BCUT2D eigenvalue weighted by Crippen LogP contribution is -2.42. The summed E-state index contributed by atoms with van der Waals surface area (Å²) in [4.78, 5) is 5.13. The fourth-order valence-corrected chi connectivity index (χ4v) is 4.11. The molecular weight excluding hydrogens is 326 g/mol. The van der Waals surface area contributed by atoms with Crippen molar-refractivity contribution in [3.05, 3.63) is 34.3 Å². The van der Waals surface area contributed by atoms with Gasteiger partial charge in [-0.2, -0.15) is 0 Å². The molecule has 0 amide bonds. The first-order valence-corrected chi connectivity index (χ1v) is 8.85. The highest BCUT2D eigenvalue weighted by Crippen LogP contribution is 2.33. The van der Waals surface area contributed by atoms with Crippen molar-refractivity contribution in [2.24, 2.45) is 5.73 Å². The molecule has 2 rings (SSSR count). The van der Waals surface area contributed by atoms with Gasteiger partial charge in [0.05, 0.1) is 6.04 Å². The fraction of sp³-hybridized carbons (Fsp3) is 0.647. The maximum Gasteiger partial charge on any atom is 0.0508 e. The predicted octanol–water partition coefficient (Wildman–Crippen LogP) is 3.25. The lowest BCUT2D eigenvalue weighted by atomic mass is 9.99. The Bertz CT molecular complexity index is 445. The molecule has 0 bridgehead atoms. The number of hydrogen-bond donors (Lipinski definition) is 1. The lowest BCUT2D eigenvalue weighted by molar-refractivity contribution is 0.176. The maximum atomic E-state index is 6.33. The van der Waals surface area contributed by atoms with E-state index in [9.17, 15) is 0 Å². The molecule has 0 aliphatic carbocycles. The molecule has 1 aliphatic heterocycles. The van der Waals surface area contributed by atoms with E-state index in [0.29, 0.717) is 12.1 Å². The molecule has 1 fully saturated rings. The second-order valence-electron chi connectivity index (χ2n) is 5.98. The Morgan fingerprint density at radius 2 is 2.00 bits per heavy atom. The summed E-state index contributed by atoms with van der Waals surface area (Å²) in [6.07, 6.45) is 1.25. The predicted molar refractivity (Wildman–Crippen MR) is 93.4 cm³/mol. The zero-order valence-electron chi connectivity index (χ0n) is 13.4. The molecule has 1 aromatic carbocycles. The van der Waals surface area contributed by atoms with Gasteiger partial charge in [0.25, 0.3) is 0 Å². The van der Waals surface area contributed by atoms with Crippen LogP contribution in [0.3, 0.4) is 0 Å². The minimum absolute atomic E-state index is 0.124. The van der Waals surface area contributed by atoms with Gasteiger partial charge in [-0.05, 0) is 38.1 Å². The second kappa shape index (κ2) is 7.73. The Kier molecular flexibility index (Phi) is 6.23. The van der Waals surface area contributed by atoms with E-state index in [0.717, 1.165) is 26.2 Å². The maximum absolute atomic E-state index is 6.33. The standard InChI is InChI=1S/C17H28BrN3/c1-4-20(5-2)14-10-11-21(12-14)17(13(3)19)15-8-6-7-9-16(15)18/h6-9,13-14,17H,4-5,10-12,19H2,1-3H3. The van der Waals surface area contributed by atoms with Crippen LogP contribution in [0.5, 0.6) is 0 Å². The van der Waals surface area contributed by atoms with E-state index in [2.05, 4.69) is 70.8 Å². The zero-order chi connectivity index (χ0) is 15.4. The first-order chi connectivity index (χ1) is 10.1. The van der Waals surface area contributed by atoms with E-state index in [1.807, 2.05) is 0 Å². The van der Waals surface area contributed by atoms with Crippen molar-refractivity contribution in [1.82, 2.24) is 9.80 Å². The Hall–Kier alpha value is -0.420. The Morgan fingerprint density at radius 1 is 1.33 bits per heavy atom. The first-order valence-electron chi connectivity index (χ1n) is 8.06. The Balaban J connectivity index is 2.16. The molecule has 1 aromatic rings. The van der Waals surface area contributed by atoms with Crippen molar-refractivity contribution in [2.45, 2.75) is 45.3 Å². The summed E-state index contributed by atoms with van der Waals surface area (Å²) in [6, 6.07) is 9.57. The van der Waals surface area contributed by atoms with Crippen molar-refractivity contribution < 1.29 is 0 Å². The number of likely N-dealkylation sites (tertiary alicyclic amines) is 1. The Morgan fingerprint density at radius 3 is 2.57 bits per heavy atom. The van der Waals surface area contributed by atoms with E-state index < -0.39 is 0 Å². The molecule has 0 radical (unpaired) electrons. The van der Waals surface area contributed by atoms with Crippen LogP contribution in [0.2, 0.25) is 0 Å². The van der Waals surface area contributed by atoms with E-state index in [1.165, 1.54) is 16.5 Å². The molecule has 21 heavy (non-hydrogen) atoms. The molecule has 3 nitrogen and oxygen atoms in total. The van der Waals surface area contributed by atoms with Crippen LogP contribution >= 0.6 is 15.9 Å². The van der Waals surface area contributed by atoms with Gasteiger partial charge in [-0.3, -0.25) is 9.80 Å². The molecule has 118 valence electrons. The summed E-state index contributed by atoms with van der Waals surface area (Å²) in [5.41, 5.74) is 7.64. The number of benzene rings is 1. The number of rotatable bonds is 6. The zero-order valence-corrected chi connectivity index (χ0v) is 15.0. The highest BCUT2D eigenvalue weighted by Gasteiger charge is 2.33. The topological polar surface area (TPSA) is 32.5 Å². The summed E-state index contributed by atoms with van der Waals surface area (Å²) < 4.78 is 1.17. The first kappa shape index (κ1) is 16.9. The third kappa shape index (κ3) is 3.86. The van der Waals surface area contributed by atoms with E-state index in [4.69, 9.17) is 5.73 Å². The van der Waals surface area contributed by atoms with Crippen molar-refractivity contribution in [1.29, 1.82) is 0 Å². The van der Waals surface area contributed by atoms with Gasteiger partial charge in [-0.15, -0.1) is 0 Å². The normalized spacial score (nSPS) is 22.7. The fourth-order valence-electron chi connectivity index (χ4n) is 3.59. The van der Waals surface area contributed by atoms with Gasteiger partial charge in [0, 0.05) is 29.6 Å². The van der Waals surface area contributed by atoms with E-state index in [1.54, 1.807) is 0 Å². The van der Waals surface area contributed by atoms with Crippen molar-refractivity contribution in [2.75, 3.05) is 26.2 Å².